The molecule has 4 rings (SSSR count). The van der Waals surface area contributed by atoms with Crippen LogP contribution in [0.1, 0.15) is 31.2 Å². The van der Waals surface area contributed by atoms with Crippen molar-refractivity contribution in [2.75, 3.05) is 5.32 Å². The summed E-state index contributed by atoms with van der Waals surface area (Å²) in [5.41, 5.74) is 2.14. The summed E-state index contributed by atoms with van der Waals surface area (Å²) in [5, 5.41) is 7.29. The highest BCUT2D eigenvalue weighted by molar-refractivity contribution is 5.90. The van der Waals surface area contributed by atoms with E-state index in [4.69, 9.17) is 0 Å². The van der Waals surface area contributed by atoms with Gasteiger partial charge in [0.2, 0.25) is 5.91 Å². The number of carbonyl (C=O) groups excluding carboxylic acids is 1. The summed E-state index contributed by atoms with van der Waals surface area (Å²) in [4.78, 5) is 24.4. The van der Waals surface area contributed by atoms with Gasteiger partial charge in [-0.2, -0.15) is 0 Å². The molecule has 1 aliphatic rings. The third-order valence-electron chi connectivity index (χ3n) is 4.73. The van der Waals surface area contributed by atoms with E-state index < -0.39 is 0 Å². The SMILES string of the molecule is O=C(CC1CCC1)Nc1cccc(Cn2nc3ccccn3c2=O)c1. The fourth-order valence-electron chi connectivity index (χ4n) is 3.16. The van der Waals surface area contributed by atoms with E-state index in [-0.39, 0.29) is 11.6 Å². The molecule has 128 valence electrons. The van der Waals surface area contributed by atoms with Gasteiger partial charge in [0.15, 0.2) is 5.65 Å². The first-order chi connectivity index (χ1) is 12.2. The number of fused-ring (bicyclic) bond motifs is 1. The lowest BCUT2D eigenvalue weighted by atomic mass is 9.83. The van der Waals surface area contributed by atoms with E-state index in [1.807, 2.05) is 30.3 Å². The first kappa shape index (κ1) is 15.6. The summed E-state index contributed by atoms with van der Waals surface area (Å²) in [6.07, 6.45) is 5.85. The Morgan fingerprint density at radius 2 is 2.08 bits per heavy atom. The van der Waals surface area contributed by atoms with Crippen molar-refractivity contribution in [2.24, 2.45) is 5.92 Å². The Morgan fingerprint density at radius 1 is 1.20 bits per heavy atom. The van der Waals surface area contributed by atoms with Crippen molar-refractivity contribution in [1.29, 1.82) is 0 Å². The Kier molecular flexibility index (Phi) is 4.09. The van der Waals surface area contributed by atoms with Gasteiger partial charge >= 0.3 is 5.69 Å². The summed E-state index contributed by atoms with van der Waals surface area (Å²) in [6.45, 7) is 0.368. The van der Waals surface area contributed by atoms with E-state index >= 15 is 0 Å². The van der Waals surface area contributed by atoms with E-state index in [9.17, 15) is 9.59 Å². The highest BCUT2D eigenvalue weighted by Crippen LogP contribution is 2.29. The van der Waals surface area contributed by atoms with Gasteiger partial charge < -0.3 is 5.32 Å². The van der Waals surface area contributed by atoms with Crippen molar-refractivity contribution in [3.8, 4) is 0 Å². The van der Waals surface area contributed by atoms with Gasteiger partial charge in [0, 0.05) is 18.3 Å². The van der Waals surface area contributed by atoms with Gasteiger partial charge in [-0.1, -0.05) is 24.6 Å². The van der Waals surface area contributed by atoms with Crippen LogP contribution in [0.25, 0.3) is 5.65 Å². The third-order valence-corrected chi connectivity index (χ3v) is 4.73. The number of amides is 1. The summed E-state index contributed by atoms with van der Waals surface area (Å²) in [7, 11) is 0. The Hall–Kier alpha value is -2.89. The lowest BCUT2D eigenvalue weighted by Gasteiger charge is -2.24. The average Bonchev–Trinajstić information content (AvgIpc) is 2.88. The smallest absolute Gasteiger partial charge is 0.326 e. The number of nitrogens with one attached hydrogen (secondary N) is 1. The molecule has 2 aromatic heterocycles. The number of rotatable bonds is 5. The Morgan fingerprint density at radius 3 is 2.84 bits per heavy atom. The molecule has 1 fully saturated rings. The van der Waals surface area contributed by atoms with Crippen LogP contribution in [0.5, 0.6) is 0 Å². The van der Waals surface area contributed by atoms with Crippen LogP contribution < -0.4 is 11.0 Å². The molecular formula is C19H20N4O2. The van der Waals surface area contributed by atoms with Crippen LogP contribution >= 0.6 is 0 Å². The fraction of sp³-hybridized carbons (Fsp3) is 0.316. The van der Waals surface area contributed by atoms with Crippen molar-refractivity contribution in [1.82, 2.24) is 14.2 Å². The third kappa shape index (κ3) is 3.33. The molecule has 0 radical (unpaired) electrons. The fourth-order valence-corrected chi connectivity index (χ4v) is 3.16. The van der Waals surface area contributed by atoms with Crippen LogP contribution in [0.15, 0.2) is 53.5 Å². The van der Waals surface area contributed by atoms with Crippen molar-refractivity contribution in [3.63, 3.8) is 0 Å². The van der Waals surface area contributed by atoms with Gasteiger partial charge in [0.05, 0.1) is 6.54 Å². The number of aromatic nitrogens is 3. The molecule has 1 amide bonds. The molecule has 0 bridgehead atoms. The van der Waals surface area contributed by atoms with Crippen LogP contribution in [0, 0.1) is 5.92 Å². The average molecular weight is 336 g/mol. The zero-order valence-electron chi connectivity index (χ0n) is 13.9. The zero-order valence-corrected chi connectivity index (χ0v) is 13.9. The molecule has 3 aromatic rings. The second-order valence-electron chi connectivity index (χ2n) is 6.62. The highest BCUT2D eigenvalue weighted by Gasteiger charge is 2.20. The highest BCUT2D eigenvalue weighted by atomic mass is 16.2. The summed E-state index contributed by atoms with van der Waals surface area (Å²) in [5.74, 6) is 0.603. The normalized spacial score (nSPS) is 14.4. The van der Waals surface area contributed by atoms with E-state index in [0.29, 0.717) is 24.5 Å². The minimum absolute atomic E-state index is 0.0618. The number of hydrogen-bond donors (Lipinski definition) is 1. The molecule has 1 saturated carbocycles. The van der Waals surface area contributed by atoms with Crippen molar-refractivity contribution >= 4 is 17.2 Å². The molecule has 1 N–H and O–H groups in total. The maximum Gasteiger partial charge on any atom is 0.350 e. The molecule has 0 saturated heterocycles. The maximum atomic E-state index is 12.3. The van der Waals surface area contributed by atoms with Gasteiger partial charge in [0.1, 0.15) is 0 Å². The minimum atomic E-state index is -0.171. The van der Waals surface area contributed by atoms with Gasteiger partial charge in [-0.15, -0.1) is 5.10 Å². The molecule has 25 heavy (non-hydrogen) atoms. The molecule has 0 spiro atoms. The molecule has 6 heteroatoms. The number of pyridine rings is 1. The van der Waals surface area contributed by atoms with Gasteiger partial charge in [-0.05, 0) is 48.6 Å². The van der Waals surface area contributed by atoms with E-state index in [1.165, 1.54) is 15.5 Å². The monoisotopic (exact) mass is 336 g/mol. The lowest BCUT2D eigenvalue weighted by molar-refractivity contribution is -0.117. The van der Waals surface area contributed by atoms with Crippen molar-refractivity contribution in [2.45, 2.75) is 32.2 Å². The molecule has 0 aliphatic heterocycles. The lowest BCUT2D eigenvalue weighted by Crippen LogP contribution is -2.22. The van der Waals surface area contributed by atoms with E-state index in [0.717, 1.165) is 24.1 Å². The summed E-state index contributed by atoms with van der Waals surface area (Å²) >= 11 is 0. The summed E-state index contributed by atoms with van der Waals surface area (Å²) < 4.78 is 2.95. The van der Waals surface area contributed by atoms with Crippen LogP contribution in [0.4, 0.5) is 5.69 Å². The van der Waals surface area contributed by atoms with Crippen LogP contribution in [-0.4, -0.2) is 20.1 Å². The predicted octanol–water partition coefficient (Wildman–Crippen LogP) is 2.67. The Bertz CT molecular complexity index is 969. The first-order valence-corrected chi connectivity index (χ1v) is 8.62. The van der Waals surface area contributed by atoms with Gasteiger partial charge in [-0.25, -0.2) is 9.48 Å². The Balaban J connectivity index is 1.49. The second-order valence-corrected chi connectivity index (χ2v) is 6.62. The first-order valence-electron chi connectivity index (χ1n) is 8.62. The van der Waals surface area contributed by atoms with E-state index in [1.54, 1.807) is 18.3 Å². The van der Waals surface area contributed by atoms with Crippen LogP contribution in [0.2, 0.25) is 0 Å². The predicted molar refractivity (Wildman–Crippen MR) is 95.6 cm³/mol. The van der Waals surface area contributed by atoms with Crippen LogP contribution in [0.3, 0.4) is 0 Å². The number of benzene rings is 1. The largest absolute Gasteiger partial charge is 0.350 e. The number of anilines is 1. The zero-order chi connectivity index (χ0) is 17.2. The minimum Gasteiger partial charge on any atom is -0.326 e. The van der Waals surface area contributed by atoms with E-state index in [2.05, 4.69) is 10.4 Å². The number of carbonyl (C=O) groups is 1. The summed E-state index contributed by atoms with van der Waals surface area (Å²) in [6, 6.07) is 13.0. The van der Waals surface area contributed by atoms with Crippen molar-refractivity contribution in [3.05, 3.63) is 64.7 Å². The van der Waals surface area contributed by atoms with Crippen LogP contribution in [-0.2, 0) is 11.3 Å². The number of nitrogens with zero attached hydrogens (tertiary/aromatic N) is 3. The standard InChI is InChI=1S/C19H20N4O2/c24-18(12-14-5-3-6-14)20-16-8-4-7-15(11-16)13-23-19(25)22-10-2-1-9-17(22)21-23/h1-2,4,7-11,14H,3,5-6,12-13H2,(H,20,24). The molecule has 2 heterocycles. The topological polar surface area (TPSA) is 68.4 Å². The Labute approximate surface area is 145 Å². The van der Waals surface area contributed by atoms with Gasteiger partial charge in [-0.3, -0.25) is 9.20 Å². The molecular weight excluding hydrogens is 316 g/mol. The quantitative estimate of drug-likeness (QED) is 0.779. The second kappa shape index (κ2) is 6.55. The number of hydrogen-bond acceptors (Lipinski definition) is 3. The van der Waals surface area contributed by atoms with Gasteiger partial charge in [0.25, 0.3) is 0 Å². The maximum absolute atomic E-state index is 12.3. The molecule has 6 nitrogen and oxygen atoms in total. The molecule has 1 aliphatic carbocycles. The molecule has 0 atom stereocenters. The van der Waals surface area contributed by atoms with Crippen molar-refractivity contribution < 1.29 is 4.79 Å². The molecule has 0 unspecified atom stereocenters. The molecule has 1 aromatic carbocycles.